The van der Waals surface area contributed by atoms with Crippen LogP contribution >= 0.6 is 11.5 Å². The summed E-state index contributed by atoms with van der Waals surface area (Å²) in [5.41, 5.74) is 0. The topological polar surface area (TPSA) is 38.2 Å². The van der Waals surface area contributed by atoms with Crippen molar-refractivity contribution in [2.24, 2.45) is 0 Å². The second-order valence-corrected chi connectivity index (χ2v) is 4.55. The Labute approximate surface area is 109 Å². The smallest absolute Gasteiger partial charge is 0.205 e. The predicted molar refractivity (Wildman–Crippen MR) is 69.8 cm³/mol. The number of aryl methyl sites for hydroxylation is 1. The van der Waals surface area contributed by atoms with Gasteiger partial charge >= 0.3 is 0 Å². The molecule has 0 N–H and O–H groups in total. The highest BCUT2D eigenvalue weighted by Crippen LogP contribution is 2.17. The highest BCUT2D eigenvalue weighted by molar-refractivity contribution is 7.09. The van der Waals surface area contributed by atoms with Crippen LogP contribution < -0.4 is 9.64 Å². The van der Waals surface area contributed by atoms with Crippen molar-refractivity contribution in [3.05, 3.63) is 35.9 Å². The van der Waals surface area contributed by atoms with E-state index in [0.717, 1.165) is 11.0 Å². The van der Waals surface area contributed by atoms with Gasteiger partial charge in [-0.05, 0) is 19.1 Å². The molecule has 2 aromatic rings. The number of ether oxygens (including phenoxy) is 1. The van der Waals surface area contributed by atoms with Crippen LogP contribution in [0.2, 0.25) is 0 Å². The number of aromatic nitrogens is 2. The number of hydrogen-bond acceptors (Lipinski definition) is 5. The SMILES string of the molecule is Cc1nsc(N(C)CCOc2ccccc2F)n1. The predicted octanol–water partition coefficient (Wildman–Crippen LogP) is 2.50. The summed E-state index contributed by atoms with van der Waals surface area (Å²) in [6, 6.07) is 6.38. The fraction of sp³-hybridized carbons (Fsp3) is 0.333. The van der Waals surface area contributed by atoms with E-state index in [9.17, 15) is 4.39 Å². The van der Waals surface area contributed by atoms with Crippen LogP contribution in [0.5, 0.6) is 5.75 Å². The van der Waals surface area contributed by atoms with Crippen molar-refractivity contribution in [1.29, 1.82) is 0 Å². The molecule has 2 rings (SSSR count). The summed E-state index contributed by atoms with van der Waals surface area (Å²) >= 11 is 1.34. The van der Waals surface area contributed by atoms with Gasteiger partial charge in [-0.2, -0.15) is 4.37 Å². The minimum absolute atomic E-state index is 0.277. The zero-order valence-electron chi connectivity index (χ0n) is 10.3. The van der Waals surface area contributed by atoms with E-state index in [1.807, 2.05) is 18.9 Å². The largest absolute Gasteiger partial charge is 0.489 e. The maximum Gasteiger partial charge on any atom is 0.205 e. The van der Waals surface area contributed by atoms with Crippen LogP contribution in [0, 0.1) is 12.7 Å². The molecule has 1 aromatic carbocycles. The van der Waals surface area contributed by atoms with Gasteiger partial charge in [0.15, 0.2) is 11.6 Å². The summed E-state index contributed by atoms with van der Waals surface area (Å²) in [6.45, 7) is 2.88. The number of likely N-dealkylation sites (N-methyl/N-ethyl adjacent to an activating group) is 1. The number of rotatable bonds is 5. The van der Waals surface area contributed by atoms with E-state index in [-0.39, 0.29) is 11.6 Å². The highest BCUT2D eigenvalue weighted by atomic mass is 32.1. The average molecular weight is 267 g/mol. The fourth-order valence-corrected chi connectivity index (χ4v) is 2.05. The van der Waals surface area contributed by atoms with E-state index in [2.05, 4.69) is 9.36 Å². The van der Waals surface area contributed by atoms with Gasteiger partial charge in [-0.25, -0.2) is 9.37 Å². The van der Waals surface area contributed by atoms with E-state index in [4.69, 9.17) is 4.74 Å². The maximum absolute atomic E-state index is 13.3. The first-order chi connectivity index (χ1) is 8.66. The molecule has 1 aromatic heterocycles. The minimum atomic E-state index is -0.341. The summed E-state index contributed by atoms with van der Waals surface area (Å²) < 4.78 is 22.8. The molecule has 0 fully saturated rings. The van der Waals surface area contributed by atoms with Crippen molar-refractivity contribution in [3.63, 3.8) is 0 Å². The number of nitrogens with zero attached hydrogens (tertiary/aromatic N) is 3. The zero-order chi connectivity index (χ0) is 13.0. The third-order valence-electron chi connectivity index (χ3n) is 2.36. The van der Waals surface area contributed by atoms with Crippen molar-refractivity contribution >= 4 is 16.7 Å². The molecule has 0 aliphatic rings. The van der Waals surface area contributed by atoms with E-state index < -0.39 is 0 Å². The van der Waals surface area contributed by atoms with Crippen LogP contribution in [0.15, 0.2) is 24.3 Å². The van der Waals surface area contributed by atoms with E-state index >= 15 is 0 Å². The van der Waals surface area contributed by atoms with Crippen LogP contribution in [0.25, 0.3) is 0 Å². The van der Waals surface area contributed by atoms with Gasteiger partial charge in [0.2, 0.25) is 5.13 Å². The van der Waals surface area contributed by atoms with Crippen molar-refractivity contribution in [1.82, 2.24) is 9.36 Å². The lowest BCUT2D eigenvalue weighted by atomic mass is 10.3. The highest BCUT2D eigenvalue weighted by Gasteiger charge is 2.07. The number of hydrogen-bond donors (Lipinski definition) is 0. The van der Waals surface area contributed by atoms with Crippen LogP contribution in [-0.2, 0) is 0 Å². The molecule has 0 saturated carbocycles. The second-order valence-electron chi connectivity index (χ2n) is 3.82. The van der Waals surface area contributed by atoms with Crippen LogP contribution in [0.3, 0.4) is 0 Å². The summed E-state index contributed by atoms with van der Waals surface area (Å²) in [5.74, 6) is 0.697. The number of benzene rings is 1. The zero-order valence-corrected chi connectivity index (χ0v) is 11.1. The van der Waals surface area contributed by atoms with Gasteiger partial charge in [0.1, 0.15) is 12.4 Å². The Balaban J connectivity index is 1.84. The van der Waals surface area contributed by atoms with Gasteiger partial charge in [-0.1, -0.05) is 12.1 Å². The molecule has 4 nitrogen and oxygen atoms in total. The molecule has 96 valence electrons. The van der Waals surface area contributed by atoms with Gasteiger partial charge in [0.05, 0.1) is 6.54 Å². The second kappa shape index (κ2) is 5.77. The monoisotopic (exact) mass is 267 g/mol. The average Bonchev–Trinajstić information content (AvgIpc) is 2.78. The minimum Gasteiger partial charge on any atom is -0.489 e. The molecule has 0 bridgehead atoms. The summed E-state index contributed by atoms with van der Waals surface area (Å²) in [5, 5.41) is 0.838. The molecule has 0 unspecified atom stereocenters. The third kappa shape index (κ3) is 3.16. The number of para-hydroxylation sites is 1. The molecule has 0 amide bonds. The Bertz CT molecular complexity index is 518. The summed E-state index contributed by atoms with van der Waals surface area (Å²) in [4.78, 5) is 6.19. The Kier molecular flexibility index (Phi) is 4.09. The molecule has 1 heterocycles. The van der Waals surface area contributed by atoms with Gasteiger partial charge in [-0.15, -0.1) is 0 Å². The molecule has 0 saturated heterocycles. The van der Waals surface area contributed by atoms with Crippen molar-refractivity contribution < 1.29 is 9.13 Å². The van der Waals surface area contributed by atoms with Gasteiger partial charge in [-0.3, -0.25) is 0 Å². The van der Waals surface area contributed by atoms with Gasteiger partial charge in [0.25, 0.3) is 0 Å². The Morgan fingerprint density at radius 3 is 2.83 bits per heavy atom. The molecule has 0 aliphatic carbocycles. The normalized spacial score (nSPS) is 10.4. The number of halogens is 1. The standard InChI is InChI=1S/C12H14FN3OS/c1-9-14-12(18-15-9)16(2)7-8-17-11-6-4-3-5-10(11)13/h3-6H,7-8H2,1-2H3. The van der Waals surface area contributed by atoms with E-state index in [0.29, 0.717) is 13.2 Å². The first kappa shape index (κ1) is 12.8. The molecule has 18 heavy (non-hydrogen) atoms. The van der Waals surface area contributed by atoms with Gasteiger partial charge < -0.3 is 9.64 Å². The van der Waals surface area contributed by atoms with Gasteiger partial charge in [0, 0.05) is 18.6 Å². The Hall–Kier alpha value is -1.69. The lowest BCUT2D eigenvalue weighted by Gasteiger charge is -2.15. The van der Waals surface area contributed by atoms with Crippen LogP contribution in [0.1, 0.15) is 5.82 Å². The quantitative estimate of drug-likeness (QED) is 0.834. The maximum atomic E-state index is 13.3. The molecule has 0 aliphatic heterocycles. The van der Waals surface area contributed by atoms with Crippen LogP contribution in [0.4, 0.5) is 9.52 Å². The lowest BCUT2D eigenvalue weighted by Crippen LogP contribution is -2.23. The van der Waals surface area contributed by atoms with Crippen molar-refractivity contribution in [2.75, 3.05) is 25.1 Å². The molecule has 6 heteroatoms. The Morgan fingerprint density at radius 1 is 1.39 bits per heavy atom. The summed E-state index contributed by atoms with van der Waals surface area (Å²) in [7, 11) is 1.91. The molecular weight excluding hydrogens is 253 g/mol. The Morgan fingerprint density at radius 2 is 2.17 bits per heavy atom. The van der Waals surface area contributed by atoms with Crippen molar-refractivity contribution in [3.8, 4) is 5.75 Å². The van der Waals surface area contributed by atoms with E-state index in [1.54, 1.807) is 18.2 Å². The van der Waals surface area contributed by atoms with Crippen LogP contribution in [-0.4, -0.2) is 29.6 Å². The first-order valence-electron chi connectivity index (χ1n) is 5.55. The summed E-state index contributed by atoms with van der Waals surface area (Å²) in [6.07, 6.45) is 0. The molecule has 0 radical (unpaired) electrons. The first-order valence-corrected chi connectivity index (χ1v) is 6.33. The number of anilines is 1. The fourth-order valence-electron chi connectivity index (χ4n) is 1.39. The lowest BCUT2D eigenvalue weighted by molar-refractivity contribution is 0.309. The molecular formula is C12H14FN3OS. The molecule has 0 spiro atoms. The van der Waals surface area contributed by atoms with Crippen molar-refractivity contribution in [2.45, 2.75) is 6.92 Å². The third-order valence-corrected chi connectivity index (χ3v) is 3.29. The van der Waals surface area contributed by atoms with E-state index in [1.165, 1.54) is 17.6 Å². The molecule has 0 atom stereocenters.